The molecule has 3 aromatic rings. The van der Waals surface area contributed by atoms with Crippen LogP contribution in [0.3, 0.4) is 0 Å². The van der Waals surface area contributed by atoms with Crippen LogP contribution in [0.5, 0.6) is 0 Å². The Morgan fingerprint density at radius 3 is 2.34 bits per heavy atom. The first-order valence-corrected chi connectivity index (χ1v) is 10.5. The fourth-order valence-electron chi connectivity index (χ4n) is 4.11. The van der Waals surface area contributed by atoms with Crippen molar-refractivity contribution in [2.24, 2.45) is 5.73 Å². The smallest absolute Gasteiger partial charge is 0.330 e. The van der Waals surface area contributed by atoms with Crippen LogP contribution in [0.2, 0.25) is 0 Å². The number of amides is 1. The molecule has 0 bridgehead atoms. The van der Waals surface area contributed by atoms with Gasteiger partial charge in [0.1, 0.15) is 23.5 Å². The van der Waals surface area contributed by atoms with Gasteiger partial charge in [-0.2, -0.15) is 13.2 Å². The lowest BCUT2D eigenvalue weighted by Gasteiger charge is -2.36. The van der Waals surface area contributed by atoms with Gasteiger partial charge >= 0.3 is 6.18 Å². The first-order valence-electron chi connectivity index (χ1n) is 10.5. The molecule has 2 N–H and O–H groups in total. The Hall–Kier alpha value is -3.41. The molecule has 35 heavy (non-hydrogen) atoms. The molecule has 0 saturated carbocycles. The van der Waals surface area contributed by atoms with Crippen molar-refractivity contribution in [3.63, 3.8) is 0 Å². The zero-order valence-corrected chi connectivity index (χ0v) is 18.0. The predicted octanol–water partition coefficient (Wildman–Crippen LogP) is 4.35. The summed E-state index contributed by atoms with van der Waals surface area (Å²) in [6.07, 6.45) is -4.49. The first kappa shape index (κ1) is 24.7. The fourth-order valence-corrected chi connectivity index (χ4v) is 4.11. The minimum absolute atomic E-state index is 0.00773. The molecule has 0 aliphatic carbocycles. The number of halogens is 7. The Labute approximate surface area is 195 Å². The van der Waals surface area contributed by atoms with Crippen LogP contribution in [-0.4, -0.2) is 32.9 Å². The summed E-state index contributed by atoms with van der Waals surface area (Å²) in [5.41, 5.74) is 4.97. The summed E-state index contributed by atoms with van der Waals surface area (Å²) >= 11 is 0. The van der Waals surface area contributed by atoms with Crippen LogP contribution < -0.4 is 5.73 Å². The normalized spacial score (nSPS) is 16.8. The van der Waals surface area contributed by atoms with Gasteiger partial charge in [0.15, 0.2) is 17.3 Å². The second kappa shape index (κ2) is 9.33. The van der Waals surface area contributed by atoms with E-state index in [9.17, 15) is 35.5 Å². The third kappa shape index (κ3) is 5.16. The Balaban J connectivity index is 1.61. The van der Waals surface area contributed by atoms with E-state index in [0.717, 1.165) is 18.3 Å². The van der Waals surface area contributed by atoms with Crippen molar-refractivity contribution >= 4 is 5.91 Å². The quantitative estimate of drug-likeness (QED) is 0.419. The Morgan fingerprint density at radius 2 is 1.69 bits per heavy atom. The molecule has 186 valence electrons. The predicted molar refractivity (Wildman–Crippen MR) is 110 cm³/mol. The topological polar surface area (TPSA) is 64.2 Å². The number of hydrogen-bond acceptors (Lipinski definition) is 3. The molecule has 0 radical (unpaired) electrons. The summed E-state index contributed by atoms with van der Waals surface area (Å²) in [5, 5.41) is 0. The average Bonchev–Trinajstić information content (AvgIpc) is 3.22. The van der Waals surface area contributed by atoms with Crippen molar-refractivity contribution in [2.75, 3.05) is 6.54 Å². The summed E-state index contributed by atoms with van der Waals surface area (Å²) in [6.45, 7) is 0.0304. The van der Waals surface area contributed by atoms with E-state index in [1.54, 1.807) is 0 Å². The monoisotopic (exact) mass is 500 g/mol. The van der Waals surface area contributed by atoms with Crippen molar-refractivity contribution in [2.45, 2.75) is 37.6 Å². The zero-order valence-electron chi connectivity index (χ0n) is 18.0. The number of imidazole rings is 1. The second-order valence-electron chi connectivity index (χ2n) is 8.24. The number of fused-ring (bicyclic) bond motifs is 1. The van der Waals surface area contributed by atoms with E-state index in [4.69, 9.17) is 5.73 Å². The maximum absolute atomic E-state index is 14.0. The van der Waals surface area contributed by atoms with Gasteiger partial charge in [-0.25, -0.2) is 22.5 Å². The van der Waals surface area contributed by atoms with Crippen LogP contribution in [0.4, 0.5) is 30.7 Å². The van der Waals surface area contributed by atoms with Gasteiger partial charge in [-0.3, -0.25) is 4.79 Å². The van der Waals surface area contributed by atoms with Crippen molar-refractivity contribution in [1.29, 1.82) is 0 Å². The number of aromatic nitrogens is 2. The Kier molecular flexibility index (Phi) is 6.58. The van der Waals surface area contributed by atoms with Crippen molar-refractivity contribution < 1.29 is 35.5 Å². The average molecular weight is 500 g/mol. The highest BCUT2D eigenvalue weighted by Crippen LogP contribution is 2.36. The van der Waals surface area contributed by atoms with E-state index < -0.39 is 53.1 Å². The number of alkyl halides is 3. The minimum atomic E-state index is -4.70. The molecule has 5 nitrogen and oxygen atoms in total. The molecule has 1 aliphatic heterocycles. The molecule has 12 heteroatoms. The molecule has 4 rings (SSSR count). The molecule has 1 aliphatic rings. The molecule has 1 amide bonds. The summed E-state index contributed by atoms with van der Waals surface area (Å²) < 4.78 is 95.2. The van der Waals surface area contributed by atoms with E-state index in [2.05, 4.69) is 4.98 Å². The molecule has 2 atom stereocenters. The maximum Gasteiger partial charge on any atom is 0.434 e. The van der Waals surface area contributed by atoms with Crippen molar-refractivity contribution in [3.8, 4) is 0 Å². The van der Waals surface area contributed by atoms with Crippen LogP contribution in [0, 0.1) is 23.3 Å². The third-order valence-electron chi connectivity index (χ3n) is 5.75. The van der Waals surface area contributed by atoms with Gasteiger partial charge in [0.05, 0.1) is 0 Å². The van der Waals surface area contributed by atoms with E-state index in [1.165, 1.54) is 21.6 Å². The highest BCUT2D eigenvalue weighted by atomic mass is 19.4. The van der Waals surface area contributed by atoms with Gasteiger partial charge in [-0.15, -0.1) is 0 Å². The largest absolute Gasteiger partial charge is 0.434 e. The van der Waals surface area contributed by atoms with Gasteiger partial charge in [0.2, 0.25) is 5.91 Å². The first-order chi connectivity index (χ1) is 16.4. The minimum Gasteiger partial charge on any atom is -0.330 e. The van der Waals surface area contributed by atoms with Crippen LogP contribution >= 0.6 is 0 Å². The summed E-state index contributed by atoms with van der Waals surface area (Å²) in [7, 11) is 0. The lowest BCUT2D eigenvalue weighted by atomic mass is 9.99. The standard InChI is InChI=1S/C23H19F7N4O/c24-14-3-1-12(2-4-14)21-22-32-19(23(28,29)30)11-33(22)5-6-34(21)20(35)9-15(31)7-13-8-17(26)18(27)10-16(13)25/h1-4,8,10-11,15,21H,5-7,9,31H2. The number of carbonyl (C=O) groups excluding carboxylic acids is 1. The van der Waals surface area contributed by atoms with Gasteiger partial charge in [0, 0.05) is 37.8 Å². The van der Waals surface area contributed by atoms with Crippen LogP contribution in [0.25, 0.3) is 0 Å². The van der Waals surface area contributed by atoms with Gasteiger partial charge in [-0.05, 0) is 35.7 Å². The third-order valence-corrected chi connectivity index (χ3v) is 5.75. The molecule has 0 saturated heterocycles. The second-order valence-corrected chi connectivity index (χ2v) is 8.24. The fraction of sp³-hybridized carbons (Fsp3) is 0.304. The number of hydrogen-bond donors (Lipinski definition) is 1. The molecule has 0 fully saturated rings. The van der Waals surface area contributed by atoms with E-state index >= 15 is 0 Å². The zero-order chi connectivity index (χ0) is 25.5. The van der Waals surface area contributed by atoms with Gasteiger partial charge in [-0.1, -0.05) is 12.1 Å². The molecule has 2 unspecified atom stereocenters. The van der Waals surface area contributed by atoms with Crippen LogP contribution in [0.15, 0.2) is 42.6 Å². The van der Waals surface area contributed by atoms with E-state index in [1.807, 2.05) is 0 Å². The number of benzene rings is 2. The van der Waals surface area contributed by atoms with E-state index in [-0.39, 0.29) is 37.3 Å². The summed E-state index contributed by atoms with van der Waals surface area (Å²) in [6, 6.07) is 3.90. The molecule has 2 heterocycles. The highest BCUT2D eigenvalue weighted by molar-refractivity contribution is 5.78. The SMILES string of the molecule is NC(CC(=O)N1CCn2cc(C(F)(F)F)nc2C1c1ccc(F)cc1)Cc1cc(F)c(F)cc1F. The number of rotatable bonds is 5. The lowest BCUT2D eigenvalue weighted by Crippen LogP contribution is -2.45. The molecular formula is C23H19F7N4O. The molecule has 2 aromatic carbocycles. The van der Waals surface area contributed by atoms with Gasteiger partial charge in [0.25, 0.3) is 0 Å². The van der Waals surface area contributed by atoms with Crippen LogP contribution in [0.1, 0.15) is 35.1 Å². The number of nitrogens with zero attached hydrogens (tertiary/aromatic N) is 3. The van der Waals surface area contributed by atoms with Crippen molar-refractivity contribution in [1.82, 2.24) is 14.5 Å². The molecule has 0 spiro atoms. The lowest BCUT2D eigenvalue weighted by molar-refractivity contribution is -0.141. The number of nitrogens with two attached hydrogens (primary N) is 1. The molecule has 1 aromatic heterocycles. The number of carbonyl (C=O) groups is 1. The Bertz CT molecular complexity index is 1240. The van der Waals surface area contributed by atoms with E-state index in [0.29, 0.717) is 17.7 Å². The summed E-state index contributed by atoms with van der Waals surface area (Å²) in [4.78, 5) is 18.1. The molecular weight excluding hydrogens is 481 g/mol. The van der Waals surface area contributed by atoms with Gasteiger partial charge < -0.3 is 15.2 Å². The van der Waals surface area contributed by atoms with Crippen LogP contribution in [-0.2, 0) is 23.9 Å². The summed E-state index contributed by atoms with van der Waals surface area (Å²) in [5.74, 6) is -4.84. The Morgan fingerprint density at radius 1 is 1.03 bits per heavy atom. The highest BCUT2D eigenvalue weighted by Gasteiger charge is 2.40. The van der Waals surface area contributed by atoms with Crippen molar-refractivity contribution in [3.05, 3.63) is 88.5 Å². The maximum atomic E-state index is 14.0.